The van der Waals surface area contributed by atoms with Crippen molar-refractivity contribution in [2.45, 2.75) is 31.2 Å². The van der Waals surface area contributed by atoms with Crippen LogP contribution in [0.3, 0.4) is 0 Å². The van der Waals surface area contributed by atoms with Gasteiger partial charge in [-0.1, -0.05) is 12.1 Å². The molecule has 2 heterocycles. The van der Waals surface area contributed by atoms with Gasteiger partial charge in [0, 0.05) is 35.6 Å². The Kier molecular flexibility index (Phi) is 4.15. The number of methoxy groups -OCH3 is 1. The van der Waals surface area contributed by atoms with Crippen LogP contribution in [0.2, 0.25) is 0 Å². The van der Waals surface area contributed by atoms with Crippen LogP contribution in [0.15, 0.2) is 36.7 Å². The molecule has 0 bridgehead atoms. The molecule has 2 aromatic heterocycles. The third kappa shape index (κ3) is 2.63. The summed E-state index contributed by atoms with van der Waals surface area (Å²) in [5.41, 5.74) is 3.69. The molecule has 21 heavy (non-hydrogen) atoms. The van der Waals surface area contributed by atoms with E-state index in [1.165, 1.54) is 17.7 Å². The molecule has 3 rings (SSSR count). The number of nitrogens with one attached hydrogen (secondary N) is 1. The van der Waals surface area contributed by atoms with Crippen LogP contribution in [-0.2, 0) is 6.42 Å². The van der Waals surface area contributed by atoms with E-state index >= 15 is 0 Å². The maximum absolute atomic E-state index is 5.44. The van der Waals surface area contributed by atoms with Gasteiger partial charge in [-0.3, -0.25) is 4.98 Å². The molecule has 1 N–H and O–H groups in total. The lowest BCUT2D eigenvalue weighted by molar-refractivity contribution is 0.364. The summed E-state index contributed by atoms with van der Waals surface area (Å²) in [7, 11) is 3.67. The molecule has 0 aliphatic heterocycles. The number of likely N-dealkylation sites (N-methyl/N-ethyl adjacent to an activating group) is 1. The van der Waals surface area contributed by atoms with Gasteiger partial charge in [-0.05, 0) is 44.0 Å². The summed E-state index contributed by atoms with van der Waals surface area (Å²) >= 11 is 0. The Balaban J connectivity index is 2.01. The molecule has 0 aromatic carbocycles. The lowest BCUT2D eigenvalue weighted by atomic mass is 9.80. The van der Waals surface area contributed by atoms with Gasteiger partial charge in [0.2, 0.25) is 5.88 Å². The van der Waals surface area contributed by atoms with Gasteiger partial charge in [0.25, 0.3) is 0 Å². The number of rotatable bonds is 4. The molecule has 2 unspecified atom stereocenters. The highest BCUT2D eigenvalue weighted by atomic mass is 16.5. The summed E-state index contributed by atoms with van der Waals surface area (Å²) < 4.78 is 5.44. The molecule has 0 saturated carbocycles. The van der Waals surface area contributed by atoms with Crippen molar-refractivity contribution in [3.8, 4) is 5.88 Å². The summed E-state index contributed by atoms with van der Waals surface area (Å²) in [5.74, 6) is 1.05. The number of aryl methyl sites for hydroxylation is 1. The Hall–Kier alpha value is -1.94. The van der Waals surface area contributed by atoms with Crippen LogP contribution in [0.4, 0.5) is 0 Å². The highest BCUT2D eigenvalue weighted by Gasteiger charge is 2.31. The van der Waals surface area contributed by atoms with Crippen LogP contribution in [0, 0.1) is 0 Å². The topological polar surface area (TPSA) is 47.0 Å². The molecule has 1 aliphatic carbocycles. The van der Waals surface area contributed by atoms with Crippen LogP contribution in [0.5, 0.6) is 5.88 Å². The second-order valence-electron chi connectivity index (χ2n) is 5.41. The number of ether oxygens (including phenoxy) is 1. The van der Waals surface area contributed by atoms with Gasteiger partial charge >= 0.3 is 0 Å². The second-order valence-corrected chi connectivity index (χ2v) is 5.41. The van der Waals surface area contributed by atoms with E-state index < -0.39 is 0 Å². The minimum Gasteiger partial charge on any atom is -0.481 e. The van der Waals surface area contributed by atoms with E-state index in [0.717, 1.165) is 18.4 Å². The minimum absolute atomic E-state index is 0.169. The van der Waals surface area contributed by atoms with Gasteiger partial charge in [0.05, 0.1) is 7.11 Å². The van der Waals surface area contributed by atoms with Crippen molar-refractivity contribution in [3.05, 3.63) is 53.5 Å². The number of nitrogens with zero attached hydrogens (tertiary/aromatic N) is 2. The van der Waals surface area contributed by atoms with Gasteiger partial charge in [0.15, 0.2) is 0 Å². The highest BCUT2D eigenvalue weighted by molar-refractivity contribution is 5.35. The SMILES string of the molecule is CNC(c1cccnc1OC)C1CCCc2cccnc21. The maximum atomic E-state index is 5.44. The zero-order chi connectivity index (χ0) is 14.7. The smallest absolute Gasteiger partial charge is 0.217 e. The summed E-state index contributed by atoms with van der Waals surface area (Å²) in [6.07, 6.45) is 7.12. The molecule has 2 atom stereocenters. The summed E-state index contributed by atoms with van der Waals surface area (Å²) in [6.45, 7) is 0. The predicted octanol–water partition coefficient (Wildman–Crippen LogP) is 2.87. The fraction of sp³-hybridized carbons (Fsp3) is 0.412. The van der Waals surface area contributed by atoms with Crippen LogP contribution < -0.4 is 10.1 Å². The van der Waals surface area contributed by atoms with Crippen molar-refractivity contribution in [3.63, 3.8) is 0 Å². The molecule has 4 heteroatoms. The molecule has 2 aromatic rings. The number of pyridine rings is 2. The second kappa shape index (κ2) is 6.22. The molecule has 110 valence electrons. The Morgan fingerprint density at radius 2 is 2.05 bits per heavy atom. The molecular formula is C17H21N3O. The molecule has 0 amide bonds. The third-order valence-electron chi connectivity index (χ3n) is 4.28. The van der Waals surface area contributed by atoms with E-state index in [1.807, 2.05) is 25.4 Å². The Bertz CT molecular complexity index is 614. The Morgan fingerprint density at radius 1 is 1.24 bits per heavy atom. The molecule has 0 radical (unpaired) electrons. The largest absolute Gasteiger partial charge is 0.481 e. The first-order chi connectivity index (χ1) is 10.3. The van der Waals surface area contributed by atoms with E-state index in [4.69, 9.17) is 4.74 Å². The van der Waals surface area contributed by atoms with Crippen molar-refractivity contribution < 1.29 is 4.74 Å². The molecule has 0 spiro atoms. The van der Waals surface area contributed by atoms with Gasteiger partial charge < -0.3 is 10.1 Å². The van der Waals surface area contributed by atoms with Crippen LogP contribution in [-0.4, -0.2) is 24.1 Å². The van der Waals surface area contributed by atoms with Gasteiger partial charge in [-0.2, -0.15) is 0 Å². The van der Waals surface area contributed by atoms with Crippen molar-refractivity contribution in [2.24, 2.45) is 0 Å². The van der Waals surface area contributed by atoms with E-state index in [-0.39, 0.29) is 6.04 Å². The molecule has 0 fully saturated rings. The van der Waals surface area contributed by atoms with Crippen molar-refractivity contribution >= 4 is 0 Å². The van der Waals surface area contributed by atoms with Gasteiger partial charge in [-0.25, -0.2) is 4.98 Å². The molecule has 0 saturated heterocycles. The number of fused-ring (bicyclic) bond motifs is 1. The maximum Gasteiger partial charge on any atom is 0.217 e. The molecule has 4 nitrogen and oxygen atoms in total. The summed E-state index contributed by atoms with van der Waals surface area (Å²) in [4.78, 5) is 8.98. The first kappa shape index (κ1) is 14.0. The van der Waals surface area contributed by atoms with E-state index in [1.54, 1.807) is 13.3 Å². The van der Waals surface area contributed by atoms with Crippen molar-refractivity contribution in [1.29, 1.82) is 0 Å². The normalized spacial score (nSPS) is 18.9. The number of aromatic nitrogens is 2. The van der Waals surface area contributed by atoms with Crippen molar-refractivity contribution in [2.75, 3.05) is 14.2 Å². The van der Waals surface area contributed by atoms with Gasteiger partial charge in [-0.15, -0.1) is 0 Å². The molecule has 1 aliphatic rings. The Morgan fingerprint density at radius 3 is 2.86 bits per heavy atom. The third-order valence-corrected chi connectivity index (χ3v) is 4.28. The van der Waals surface area contributed by atoms with Crippen LogP contribution in [0.1, 0.15) is 41.6 Å². The number of hydrogen-bond donors (Lipinski definition) is 1. The standard InChI is InChI=1S/C17H21N3O/c1-18-16(14-9-5-11-20-17(14)21-2)13-8-3-6-12-7-4-10-19-15(12)13/h4-5,7,9-11,13,16,18H,3,6,8H2,1-2H3. The van der Waals surface area contributed by atoms with E-state index in [2.05, 4.69) is 27.4 Å². The lowest BCUT2D eigenvalue weighted by Crippen LogP contribution is -2.28. The van der Waals surface area contributed by atoms with Crippen LogP contribution in [0.25, 0.3) is 0 Å². The zero-order valence-electron chi connectivity index (χ0n) is 12.5. The van der Waals surface area contributed by atoms with Crippen LogP contribution >= 0.6 is 0 Å². The lowest BCUT2D eigenvalue weighted by Gasteiger charge is -2.31. The quantitative estimate of drug-likeness (QED) is 0.937. The fourth-order valence-corrected chi connectivity index (χ4v) is 3.35. The monoisotopic (exact) mass is 283 g/mol. The number of hydrogen-bond acceptors (Lipinski definition) is 4. The Labute approximate surface area is 125 Å². The first-order valence-corrected chi connectivity index (χ1v) is 7.45. The average Bonchev–Trinajstić information content (AvgIpc) is 2.56. The summed E-state index contributed by atoms with van der Waals surface area (Å²) in [5, 5.41) is 3.44. The zero-order valence-corrected chi connectivity index (χ0v) is 12.5. The summed E-state index contributed by atoms with van der Waals surface area (Å²) in [6, 6.07) is 8.44. The fourth-order valence-electron chi connectivity index (χ4n) is 3.35. The molecular weight excluding hydrogens is 262 g/mol. The van der Waals surface area contributed by atoms with E-state index in [9.17, 15) is 0 Å². The van der Waals surface area contributed by atoms with Crippen molar-refractivity contribution in [1.82, 2.24) is 15.3 Å². The van der Waals surface area contributed by atoms with E-state index in [0.29, 0.717) is 11.8 Å². The first-order valence-electron chi connectivity index (χ1n) is 7.45. The predicted molar refractivity (Wildman–Crippen MR) is 82.5 cm³/mol. The van der Waals surface area contributed by atoms with Gasteiger partial charge in [0.1, 0.15) is 0 Å². The highest BCUT2D eigenvalue weighted by Crippen LogP contribution is 2.40. The average molecular weight is 283 g/mol. The minimum atomic E-state index is 0.169.